The van der Waals surface area contributed by atoms with Gasteiger partial charge in [-0.15, -0.1) is 0 Å². The first-order chi connectivity index (χ1) is 12.1. The molecule has 1 aliphatic carbocycles. The predicted octanol–water partition coefficient (Wildman–Crippen LogP) is 5.20. The zero-order valence-corrected chi connectivity index (χ0v) is 14.9. The monoisotopic (exact) mass is 338 g/mol. The highest BCUT2D eigenvalue weighted by atomic mass is 19.1. The molecular formula is C22H27FN2. The molecular weight excluding hydrogens is 311 g/mol. The van der Waals surface area contributed by atoms with Crippen LogP contribution >= 0.6 is 0 Å². The molecule has 132 valence electrons. The largest absolute Gasteiger partial charge is 0.369 e. The third-order valence-corrected chi connectivity index (χ3v) is 4.91. The molecule has 0 aromatic heterocycles. The minimum absolute atomic E-state index is 0.233. The number of hydrogen-bond donors (Lipinski definition) is 2. The summed E-state index contributed by atoms with van der Waals surface area (Å²) >= 11 is 0. The van der Waals surface area contributed by atoms with E-state index < -0.39 is 0 Å². The first-order valence-corrected chi connectivity index (χ1v) is 9.22. The van der Waals surface area contributed by atoms with Gasteiger partial charge in [0, 0.05) is 11.7 Å². The number of anilines is 1. The SMILES string of the molecule is C=C(Nc1ccc(F)cc1)NC(CC)Cc1ccc2c(c1)CCCC2. The van der Waals surface area contributed by atoms with Gasteiger partial charge >= 0.3 is 0 Å². The highest BCUT2D eigenvalue weighted by Gasteiger charge is 2.12. The lowest BCUT2D eigenvalue weighted by Crippen LogP contribution is -2.32. The molecule has 3 heteroatoms. The van der Waals surface area contributed by atoms with E-state index in [1.807, 2.05) is 0 Å². The predicted molar refractivity (Wildman–Crippen MR) is 103 cm³/mol. The second-order valence-electron chi connectivity index (χ2n) is 6.87. The standard InChI is InChI=1S/C22H27FN2/c1-3-21(24-16(2)25-22-12-10-20(23)11-13-22)15-17-8-9-18-6-4-5-7-19(18)14-17/h8-14,21,24-25H,2-7,15H2,1H3. The van der Waals surface area contributed by atoms with Gasteiger partial charge in [0.05, 0.1) is 5.82 Å². The van der Waals surface area contributed by atoms with Crippen LogP contribution in [-0.4, -0.2) is 6.04 Å². The Bertz CT molecular complexity index is 721. The number of nitrogens with one attached hydrogen (secondary N) is 2. The van der Waals surface area contributed by atoms with Crippen molar-refractivity contribution in [3.63, 3.8) is 0 Å². The van der Waals surface area contributed by atoms with Crippen molar-refractivity contribution in [3.8, 4) is 0 Å². The number of fused-ring (bicyclic) bond motifs is 1. The Morgan fingerprint density at radius 3 is 2.52 bits per heavy atom. The van der Waals surface area contributed by atoms with E-state index in [-0.39, 0.29) is 5.82 Å². The van der Waals surface area contributed by atoms with E-state index >= 15 is 0 Å². The van der Waals surface area contributed by atoms with Crippen molar-refractivity contribution in [1.29, 1.82) is 0 Å². The van der Waals surface area contributed by atoms with Crippen LogP contribution in [0.15, 0.2) is 54.9 Å². The molecule has 2 aromatic carbocycles. The molecule has 0 aliphatic heterocycles. The Morgan fingerprint density at radius 2 is 1.80 bits per heavy atom. The number of hydrogen-bond acceptors (Lipinski definition) is 2. The Morgan fingerprint density at radius 1 is 1.08 bits per heavy atom. The van der Waals surface area contributed by atoms with Gasteiger partial charge < -0.3 is 10.6 Å². The maximum Gasteiger partial charge on any atom is 0.123 e. The van der Waals surface area contributed by atoms with E-state index in [2.05, 4.69) is 42.3 Å². The molecule has 3 rings (SSSR count). The molecule has 2 N–H and O–H groups in total. The van der Waals surface area contributed by atoms with Crippen molar-refractivity contribution < 1.29 is 4.39 Å². The Hall–Kier alpha value is -2.29. The van der Waals surface area contributed by atoms with Gasteiger partial charge in [-0.2, -0.15) is 0 Å². The molecule has 0 bridgehead atoms. The lowest BCUT2D eigenvalue weighted by Gasteiger charge is -2.22. The van der Waals surface area contributed by atoms with Gasteiger partial charge in [0.15, 0.2) is 0 Å². The first kappa shape index (κ1) is 17.5. The van der Waals surface area contributed by atoms with Gasteiger partial charge in [0.2, 0.25) is 0 Å². The minimum Gasteiger partial charge on any atom is -0.369 e. The minimum atomic E-state index is -0.233. The molecule has 2 aromatic rings. The summed E-state index contributed by atoms with van der Waals surface area (Å²) in [6.07, 6.45) is 7.06. The average Bonchev–Trinajstić information content (AvgIpc) is 2.63. The number of halogens is 1. The summed E-state index contributed by atoms with van der Waals surface area (Å²) in [4.78, 5) is 0. The van der Waals surface area contributed by atoms with E-state index in [9.17, 15) is 4.39 Å². The molecule has 0 spiro atoms. The van der Waals surface area contributed by atoms with E-state index in [0.717, 1.165) is 24.4 Å². The molecule has 1 aliphatic rings. The zero-order chi connectivity index (χ0) is 17.6. The van der Waals surface area contributed by atoms with Crippen LogP contribution in [-0.2, 0) is 19.3 Å². The van der Waals surface area contributed by atoms with Crippen molar-refractivity contribution in [1.82, 2.24) is 5.32 Å². The Balaban J connectivity index is 1.58. The Labute approximate surface area is 150 Å². The van der Waals surface area contributed by atoms with Crippen molar-refractivity contribution >= 4 is 5.69 Å². The average molecular weight is 338 g/mol. The molecule has 1 unspecified atom stereocenters. The fraction of sp³-hybridized carbons (Fsp3) is 0.364. The summed E-state index contributed by atoms with van der Waals surface area (Å²) in [5.74, 6) is 0.513. The van der Waals surface area contributed by atoms with Crippen LogP contribution in [0.2, 0.25) is 0 Å². The fourth-order valence-corrected chi connectivity index (χ4v) is 3.49. The summed E-state index contributed by atoms with van der Waals surface area (Å²) in [5.41, 5.74) is 5.28. The maximum atomic E-state index is 13.0. The van der Waals surface area contributed by atoms with E-state index in [1.54, 1.807) is 12.1 Å². The lowest BCUT2D eigenvalue weighted by molar-refractivity contribution is 0.548. The number of rotatable bonds is 7. The second kappa shape index (κ2) is 8.19. The molecule has 0 saturated heterocycles. The third kappa shape index (κ3) is 4.85. The lowest BCUT2D eigenvalue weighted by atomic mass is 9.89. The van der Waals surface area contributed by atoms with Crippen LogP contribution in [0.3, 0.4) is 0 Å². The van der Waals surface area contributed by atoms with Crippen LogP contribution in [0.4, 0.5) is 10.1 Å². The van der Waals surface area contributed by atoms with Crippen LogP contribution in [0.1, 0.15) is 42.9 Å². The molecule has 2 nitrogen and oxygen atoms in total. The molecule has 0 amide bonds. The molecule has 0 fully saturated rings. The first-order valence-electron chi connectivity index (χ1n) is 9.22. The maximum absolute atomic E-state index is 13.0. The summed E-state index contributed by atoms with van der Waals surface area (Å²) in [5, 5.41) is 6.66. The van der Waals surface area contributed by atoms with Crippen molar-refractivity contribution in [2.45, 2.75) is 51.5 Å². The van der Waals surface area contributed by atoms with Crippen LogP contribution < -0.4 is 10.6 Å². The molecule has 0 radical (unpaired) electrons. The van der Waals surface area contributed by atoms with Crippen molar-refractivity contribution in [2.75, 3.05) is 5.32 Å². The fourth-order valence-electron chi connectivity index (χ4n) is 3.49. The van der Waals surface area contributed by atoms with Crippen LogP contribution in [0.25, 0.3) is 0 Å². The smallest absolute Gasteiger partial charge is 0.123 e. The summed E-state index contributed by atoms with van der Waals surface area (Å²) < 4.78 is 13.0. The topological polar surface area (TPSA) is 24.1 Å². The quantitative estimate of drug-likeness (QED) is 0.725. The number of aryl methyl sites for hydroxylation is 2. The highest BCUT2D eigenvalue weighted by molar-refractivity contribution is 5.47. The van der Waals surface area contributed by atoms with Crippen molar-refractivity contribution in [3.05, 3.63) is 77.4 Å². The Kier molecular flexibility index (Phi) is 5.75. The summed E-state index contributed by atoms with van der Waals surface area (Å²) in [6, 6.07) is 13.6. The van der Waals surface area contributed by atoms with Gasteiger partial charge in [-0.1, -0.05) is 31.7 Å². The van der Waals surface area contributed by atoms with E-state index in [0.29, 0.717) is 6.04 Å². The molecule has 0 saturated carbocycles. The second-order valence-corrected chi connectivity index (χ2v) is 6.87. The third-order valence-electron chi connectivity index (χ3n) is 4.91. The highest BCUT2D eigenvalue weighted by Crippen LogP contribution is 2.23. The van der Waals surface area contributed by atoms with Gasteiger partial charge in [-0.05, 0) is 79.5 Å². The van der Waals surface area contributed by atoms with Crippen LogP contribution in [0.5, 0.6) is 0 Å². The summed E-state index contributed by atoms with van der Waals surface area (Å²) in [7, 11) is 0. The van der Waals surface area contributed by atoms with Gasteiger partial charge in [0.1, 0.15) is 5.82 Å². The molecule has 0 heterocycles. The van der Waals surface area contributed by atoms with Gasteiger partial charge in [-0.3, -0.25) is 0 Å². The molecule has 25 heavy (non-hydrogen) atoms. The van der Waals surface area contributed by atoms with Gasteiger partial charge in [0.25, 0.3) is 0 Å². The normalized spacial score (nSPS) is 14.5. The van der Waals surface area contributed by atoms with Crippen molar-refractivity contribution in [2.24, 2.45) is 0 Å². The van der Waals surface area contributed by atoms with Crippen LogP contribution in [0, 0.1) is 5.82 Å². The van der Waals surface area contributed by atoms with Gasteiger partial charge in [-0.25, -0.2) is 4.39 Å². The summed E-state index contributed by atoms with van der Waals surface area (Å²) in [6.45, 7) is 6.24. The number of benzene rings is 2. The molecule has 1 atom stereocenters. The van der Waals surface area contributed by atoms with E-state index in [1.165, 1.54) is 54.5 Å². The zero-order valence-electron chi connectivity index (χ0n) is 14.9. The van der Waals surface area contributed by atoms with E-state index in [4.69, 9.17) is 0 Å².